The zero-order valence-electron chi connectivity index (χ0n) is 32.9. The fourth-order valence-electron chi connectivity index (χ4n) is 10.7. The van der Waals surface area contributed by atoms with Gasteiger partial charge in [0.25, 0.3) is 0 Å². The number of hydrogen-bond donors (Lipinski definition) is 0. The van der Waals surface area contributed by atoms with E-state index < -0.39 is 0 Å². The molecule has 0 N–H and O–H groups in total. The Kier molecular flexibility index (Phi) is 8.10. The van der Waals surface area contributed by atoms with E-state index in [1.165, 1.54) is 84.3 Å². The number of anilines is 2. The van der Waals surface area contributed by atoms with Crippen LogP contribution < -0.4 is 4.90 Å². The van der Waals surface area contributed by atoms with Crippen molar-refractivity contribution in [2.45, 2.75) is 56.9 Å². The highest BCUT2D eigenvalue weighted by Crippen LogP contribution is 2.52. The molecule has 57 heavy (non-hydrogen) atoms. The Hall–Kier alpha value is -6.12. The molecule has 0 spiro atoms. The molecule has 278 valence electrons. The van der Waals surface area contributed by atoms with Gasteiger partial charge in [-0.15, -0.1) is 0 Å². The largest absolute Gasteiger partial charge is 0.337 e. The van der Waals surface area contributed by atoms with Gasteiger partial charge in [0, 0.05) is 68.1 Å². The topological polar surface area (TPSA) is 8.17 Å². The Balaban J connectivity index is 1.06. The maximum absolute atomic E-state index is 2.62. The molecule has 5 aliphatic carbocycles. The smallest absolute Gasteiger partial charge is 0.0494 e. The van der Waals surface area contributed by atoms with E-state index in [2.05, 4.69) is 205 Å². The Labute approximate surface area is 336 Å². The second-order valence-corrected chi connectivity index (χ2v) is 17.1. The molecule has 5 aromatic carbocycles. The van der Waals surface area contributed by atoms with Crippen molar-refractivity contribution in [3.8, 4) is 11.1 Å². The standard InChI is InChI=1S/C55H48N2/c1-55(2)50-26-13-11-23-45(50)46-30-29-42(36-51(46)55)56(41-21-15-18-38(34-41)37-16-5-3-6-17-37)53-33-31-43(44-22-9-10-24-47(44)53)39-28-32-54-49(35-39)48-25-12-14-27-52(48)57(54)40-19-7-4-8-20-40/h3-7,9-16,18,21-37,40,44,47H,8,17,19-20H2,1-2H3. The third kappa shape index (κ3) is 5.52. The normalized spacial score (nSPS) is 22.6. The van der Waals surface area contributed by atoms with E-state index in [0.29, 0.717) is 12.0 Å². The van der Waals surface area contributed by atoms with Crippen molar-refractivity contribution in [3.63, 3.8) is 0 Å². The average molecular weight is 737 g/mol. The van der Waals surface area contributed by atoms with Crippen LogP contribution >= 0.6 is 0 Å². The van der Waals surface area contributed by atoms with Crippen LogP contribution in [0.2, 0.25) is 0 Å². The number of allylic oxidation sites excluding steroid dienone is 13. The quantitative estimate of drug-likeness (QED) is 0.155. The first kappa shape index (κ1) is 34.2. The van der Waals surface area contributed by atoms with E-state index in [4.69, 9.17) is 0 Å². The predicted molar refractivity (Wildman–Crippen MR) is 241 cm³/mol. The molecule has 0 amide bonds. The van der Waals surface area contributed by atoms with Gasteiger partial charge >= 0.3 is 0 Å². The van der Waals surface area contributed by atoms with Crippen molar-refractivity contribution >= 4 is 38.8 Å². The Morgan fingerprint density at radius 1 is 0.596 bits per heavy atom. The SMILES string of the molecule is CC1(C)c2ccccc2-c2ccc(N(C3=CC=C(c4ccc5c(c4)c4ccccc4n5C4CC=CCC4)C4C=CC=CC34)c3cccc(C4C=CC=CC4)c3)cc21. The molecule has 1 aromatic heterocycles. The highest BCUT2D eigenvalue weighted by Gasteiger charge is 2.38. The second-order valence-electron chi connectivity index (χ2n) is 17.1. The summed E-state index contributed by atoms with van der Waals surface area (Å²) in [5, 5.41) is 2.70. The first-order chi connectivity index (χ1) is 28.0. The summed E-state index contributed by atoms with van der Waals surface area (Å²) in [5.74, 6) is 0.745. The number of hydrogen-bond acceptors (Lipinski definition) is 1. The van der Waals surface area contributed by atoms with Crippen LogP contribution in [0.15, 0.2) is 188 Å². The summed E-state index contributed by atoms with van der Waals surface area (Å²) in [5.41, 5.74) is 15.9. The zero-order valence-corrected chi connectivity index (χ0v) is 32.9. The van der Waals surface area contributed by atoms with Crippen molar-refractivity contribution in [1.29, 1.82) is 0 Å². The van der Waals surface area contributed by atoms with Crippen molar-refractivity contribution in [3.05, 3.63) is 210 Å². The molecule has 2 nitrogen and oxygen atoms in total. The molecule has 0 radical (unpaired) electrons. The number of para-hydroxylation sites is 1. The van der Waals surface area contributed by atoms with Crippen molar-refractivity contribution in [1.82, 2.24) is 4.57 Å². The highest BCUT2D eigenvalue weighted by molar-refractivity contribution is 6.09. The maximum atomic E-state index is 2.62. The molecule has 4 unspecified atom stereocenters. The van der Waals surface area contributed by atoms with E-state index in [0.717, 1.165) is 19.3 Å². The fraction of sp³-hybridized carbons (Fsp3) is 0.200. The third-order valence-corrected chi connectivity index (χ3v) is 13.5. The third-order valence-electron chi connectivity index (χ3n) is 13.5. The number of nitrogens with zero attached hydrogens (tertiary/aromatic N) is 2. The van der Waals surface area contributed by atoms with Crippen LogP contribution in [0.4, 0.5) is 11.4 Å². The van der Waals surface area contributed by atoms with Crippen LogP contribution in [0.1, 0.15) is 73.7 Å². The first-order valence-electron chi connectivity index (χ1n) is 21.0. The summed E-state index contributed by atoms with van der Waals surface area (Å²) in [6.45, 7) is 4.77. The molecule has 5 aliphatic rings. The fourth-order valence-corrected chi connectivity index (χ4v) is 10.7. The lowest BCUT2D eigenvalue weighted by Gasteiger charge is -2.39. The minimum Gasteiger partial charge on any atom is -0.337 e. The molecular formula is C55H48N2. The molecule has 0 saturated heterocycles. The van der Waals surface area contributed by atoms with Crippen molar-refractivity contribution in [2.24, 2.45) is 11.8 Å². The van der Waals surface area contributed by atoms with E-state index in [9.17, 15) is 0 Å². The molecule has 0 fully saturated rings. The van der Waals surface area contributed by atoms with Crippen LogP contribution in [0, 0.1) is 11.8 Å². The van der Waals surface area contributed by atoms with Gasteiger partial charge in [-0.25, -0.2) is 0 Å². The monoisotopic (exact) mass is 736 g/mol. The minimum absolute atomic E-state index is 0.0891. The number of fused-ring (bicyclic) bond motifs is 7. The van der Waals surface area contributed by atoms with Gasteiger partial charge in [-0.1, -0.05) is 147 Å². The summed E-state index contributed by atoms with van der Waals surface area (Å²) in [6, 6.07) is 42.3. The van der Waals surface area contributed by atoms with Crippen LogP contribution in [0.3, 0.4) is 0 Å². The number of aromatic nitrogens is 1. The maximum Gasteiger partial charge on any atom is 0.0494 e. The van der Waals surface area contributed by atoms with Crippen LogP contribution in [-0.4, -0.2) is 4.57 Å². The Morgan fingerprint density at radius 3 is 2.28 bits per heavy atom. The molecule has 4 atom stereocenters. The van der Waals surface area contributed by atoms with E-state index in [1.54, 1.807) is 0 Å². The molecule has 11 rings (SSSR count). The summed E-state index contributed by atoms with van der Waals surface area (Å²) in [7, 11) is 0. The molecule has 6 aromatic rings. The van der Waals surface area contributed by atoms with Gasteiger partial charge in [0.1, 0.15) is 0 Å². The molecule has 1 heterocycles. The second kappa shape index (κ2) is 13.5. The van der Waals surface area contributed by atoms with Crippen LogP contribution in [0.5, 0.6) is 0 Å². The highest BCUT2D eigenvalue weighted by atomic mass is 15.2. The summed E-state index contributed by atoms with van der Waals surface area (Å²) in [6.07, 6.45) is 32.4. The molecular weight excluding hydrogens is 689 g/mol. The van der Waals surface area contributed by atoms with Gasteiger partial charge in [0.2, 0.25) is 0 Å². The molecule has 0 aliphatic heterocycles. The van der Waals surface area contributed by atoms with Crippen molar-refractivity contribution in [2.75, 3.05) is 4.90 Å². The molecule has 0 bridgehead atoms. The predicted octanol–water partition coefficient (Wildman–Crippen LogP) is 14.5. The van der Waals surface area contributed by atoms with Gasteiger partial charge in [0.05, 0.1) is 0 Å². The summed E-state index contributed by atoms with van der Waals surface area (Å²) in [4.78, 5) is 2.56. The van der Waals surface area contributed by atoms with E-state index >= 15 is 0 Å². The van der Waals surface area contributed by atoms with Gasteiger partial charge in [-0.05, 0) is 113 Å². The zero-order chi connectivity index (χ0) is 38.1. The lowest BCUT2D eigenvalue weighted by atomic mass is 9.74. The van der Waals surface area contributed by atoms with Gasteiger partial charge in [-0.3, -0.25) is 0 Å². The van der Waals surface area contributed by atoms with Gasteiger partial charge in [0.15, 0.2) is 0 Å². The Bertz CT molecular complexity index is 2810. The Morgan fingerprint density at radius 2 is 1.40 bits per heavy atom. The molecule has 0 saturated carbocycles. The van der Waals surface area contributed by atoms with Gasteiger partial charge < -0.3 is 9.47 Å². The van der Waals surface area contributed by atoms with Crippen LogP contribution in [-0.2, 0) is 5.41 Å². The number of benzene rings is 5. The van der Waals surface area contributed by atoms with E-state index in [1.807, 2.05) is 0 Å². The summed E-state index contributed by atoms with van der Waals surface area (Å²) >= 11 is 0. The lowest BCUT2D eigenvalue weighted by molar-refractivity contribution is 0.485. The summed E-state index contributed by atoms with van der Waals surface area (Å²) < 4.78 is 2.62. The minimum atomic E-state index is -0.0891. The van der Waals surface area contributed by atoms with Crippen molar-refractivity contribution < 1.29 is 0 Å². The lowest BCUT2D eigenvalue weighted by Crippen LogP contribution is -2.29. The average Bonchev–Trinajstić information content (AvgIpc) is 3.72. The first-order valence-corrected chi connectivity index (χ1v) is 21.0. The van der Waals surface area contributed by atoms with Crippen LogP contribution in [0.25, 0.3) is 38.5 Å². The van der Waals surface area contributed by atoms with E-state index in [-0.39, 0.29) is 17.3 Å². The molecule has 2 heteroatoms. The van der Waals surface area contributed by atoms with Gasteiger partial charge in [-0.2, -0.15) is 0 Å². The number of rotatable bonds is 6.